The highest BCUT2D eigenvalue weighted by Gasteiger charge is 2.35. The molecule has 0 bridgehead atoms. The minimum Gasteiger partial charge on any atom is -0.339 e. The van der Waals surface area contributed by atoms with Gasteiger partial charge in [-0.3, -0.25) is 4.79 Å². The maximum absolute atomic E-state index is 12.8. The van der Waals surface area contributed by atoms with Gasteiger partial charge in [0.25, 0.3) is 20.2 Å². The lowest BCUT2D eigenvalue weighted by Crippen LogP contribution is -2.57. The van der Waals surface area contributed by atoms with Crippen LogP contribution in [0.4, 0.5) is 0 Å². The first-order valence-corrected chi connectivity index (χ1v) is 13.1. The summed E-state index contributed by atoms with van der Waals surface area (Å²) in [6.07, 6.45) is 0. The van der Waals surface area contributed by atoms with Gasteiger partial charge in [0.2, 0.25) is 5.91 Å². The number of hydrogen-bond donors (Lipinski definition) is 0. The van der Waals surface area contributed by atoms with Crippen molar-refractivity contribution in [3.8, 4) is 0 Å². The van der Waals surface area contributed by atoms with Crippen molar-refractivity contribution >= 4 is 37.5 Å². The van der Waals surface area contributed by atoms with E-state index in [0.29, 0.717) is 26.2 Å². The van der Waals surface area contributed by atoms with Crippen LogP contribution in [0.5, 0.6) is 0 Å². The number of carbonyl (C=O) groups excluding carboxylic acids is 1. The number of amides is 1. The van der Waals surface area contributed by atoms with Crippen LogP contribution in [-0.4, -0.2) is 118 Å². The molecule has 29 heavy (non-hydrogen) atoms. The number of carbonyl (C=O) groups is 1. The van der Waals surface area contributed by atoms with E-state index in [1.54, 1.807) is 11.4 Å². The van der Waals surface area contributed by atoms with Gasteiger partial charge in [0.15, 0.2) is 0 Å². The summed E-state index contributed by atoms with van der Waals surface area (Å²) in [6.45, 7) is 2.96. The van der Waals surface area contributed by atoms with E-state index < -0.39 is 20.2 Å². The Balaban J connectivity index is 1.54. The van der Waals surface area contributed by atoms with E-state index in [0.717, 1.165) is 15.6 Å². The molecule has 10 nitrogen and oxygen atoms in total. The molecule has 2 fully saturated rings. The van der Waals surface area contributed by atoms with E-state index >= 15 is 0 Å². The number of likely N-dealkylation sites (N-methyl/N-ethyl adjacent to an activating group) is 2. The lowest BCUT2D eigenvalue weighted by atomic mass is 10.3. The maximum Gasteiger partial charge on any atom is 0.282 e. The van der Waals surface area contributed by atoms with Crippen LogP contribution in [0.2, 0.25) is 0 Å². The smallest absolute Gasteiger partial charge is 0.282 e. The van der Waals surface area contributed by atoms with E-state index in [4.69, 9.17) is 0 Å². The number of nitrogens with zero attached hydrogens (tertiary/aromatic N) is 5. The number of hydrogen-bond acceptors (Lipinski definition) is 7. The number of piperazine rings is 2. The Morgan fingerprint density at radius 1 is 1.00 bits per heavy atom. The molecule has 3 rings (SSSR count). The molecule has 0 N–H and O–H groups in total. The third kappa shape index (κ3) is 4.98. The summed E-state index contributed by atoms with van der Waals surface area (Å²) in [6, 6.07) is 3.15. The fourth-order valence-corrected chi connectivity index (χ4v) is 7.19. The average molecular weight is 466 g/mol. The van der Waals surface area contributed by atoms with Crippen molar-refractivity contribution in [3.63, 3.8) is 0 Å². The second-order valence-electron chi connectivity index (χ2n) is 7.18. The molecule has 0 saturated carbocycles. The molecule has 0 radical (unpaired) electrons. The molecule has 0 unspecified atom stereocenters. The predicted molar refractivity (Wildman–Crippen MR) is 110 cm³/mol. The standard InChI is InChI=1S/C16H27N5O5S3/c1-17-5-9-20(10-6-17)29(25,26)21-11-7-19(8-12-21)15(22)14-18(2)28(23,24)16-4-3-13-27-16/h3-4,13H,5-12,14H2,1-2H3. The van der Waals surface area contributed by atoms with Gasteiger partial charge < -0.3 is 9.80 Å². The second-order valence-corrected chi connectivity index (χ2v) is 12.3. The highest BCUT2D eigenvalue weighted by Crippen LogP contribution is 2.20. The fraction of sp³-hybridized carbons (Fsp3) is 0.688. The van der Waals surface area contributed by atoms with Crippen molar-refractivity contribution in [2.45, 2.75) is 4.21 Å². The first kappa shape index (κ1) is 22.6. The zero-order valence-electron chi connectivity index (χ0n) is 16.6. The van der Waals surface area contributed by atoms with Crippen molar-refractivity contribution in [2.24, 2.45) is 0 Å². The van der Waals surface area contributed by atoms with E-state index in [9.17, 15) is 21.6 Å². The molecule has 0 aromatic carbocycles. The van der Waals surface area contributed by atoms with Crippen LogP contribution in [0.15, 0.2) is 21.7 Å². The second kappa shape index (κ2) is 8.96. The van der Waals surface area contributed by atoms with E-state index in [2.05, 4.69) is 4.90 Å². The normalized spacial score (nSPS) is 21.0. The average Bonchev–Trinajstić information content (AvgIpc) is 3.24. The van der Waals surface area contributed by atoms with Crippen molar-refractivity contribution in [1.29, 1.82) is 0 Å². The summed E-state index contributed by atoms with van der Waals surface area (Å²) >= 11 is 1.10. The van der Waals surface area contributed by atoms with Gasteiger partial charge >= 0.3 is 0 Å². The minimum absolute atomic E-state index is 0.191. The summed E-state index contributed by atoms with van der Waals surface area (Å²) in [5, 5.41) is 1.67. The van der Waals surface area contributed by atoms with E-state index in [1.165, 1.54) is 26.6 Å². The Hall–Kier alpha value is -1.09. The van der Waals surface area contributed by atoms with Gasteiger partial charge in [-0.15, -0.1) is 11.3 Å². The SMILES string of the molecule is CN1CCN(S(=O)(=O)N2CCN(C(=O)CN(C)S(=O)(=O)c3cccs3)CC2)CC1. The first-order valence-electron chi connectivity index (χ1n) is 9.34. The molecule has 1 aromatic rings. The molecular formula is C16H27N5O5S3. The van der Waals surface area contributed by atoms with Crippen LogP contribution in [0.25, 0.3) is 0 Å². The molecule has 2 aliphatic heterocycles. The van der Waals surface area contributed by atoms with Crippen molar-refractivity contribution in [1.82, 2.24) is 22.7 Å². The van der Waals surface area contributed by atoms with Gasteiger partial charge in [0.05, 0.1) is 6.54 Å². The van der Waals surface area contributed by atoms with Crippen LogP contribution >= 0.6 is 11.3 Å². The van der Waals surface area contributed by atoms with Crippen LogP contribution < -0.4 is 0 Å². The molecule has 2 saturated heterocycles. The molecule has 13 heteroatoms. The zero-order chi connectivity index (χ0) is 21.2. The van der Waals surface area contributed by atoms with Crippen molar-refractivity contribution in [3.05, 3.63) is 17.5 Å². The van der Waals surface area contributed by atoms with Crippen molar-refractivity contribution in [2.75, 3.05) is 73.0 Å². The van der Waals surface area contributed by atoms with Gasteiger partial charge in [-0.1, -0.05) is 6.07 Å². The summed E-state index contributed by atoms with van der Waals surface area (Å²) < 4.78 is 54.7. The Morgan fingerprint density at radius 2 is 1.55 bits per heavy atom. The lowest BCUT2D eigenvalue weighted by molar-refractivity contribution is -0.132. The topological polar surface area (TPSA) is 102 Å². The molecule has 3 heterocycles. The van der Waals surface area contributed by atoms with Gasteiger partial charge in [0, 0.05) is 59.4 Å². The molecule has 1 aromatic heterocycles. The van der Waals surface area contributed by atoms with Crippen molar-refractivity contribution < 1.29 is 21.6 Å². The van der Waals surface area contributed by atoms with Crippen LogP contribution in [-0.2, 0) is 25.0 Å². The zero-order valence-corrected chi connectivity index (χ0v) is 19.0. The van der Waals surface area contributed by atoms with Gasteiger partial charge in [0.1, 0.15) is 4.21 Å². The molecule has 1 amide bonds. The summed E-state index contributed by atoms with van der Waals surface area (Å²) in [7, 11) is -3.89. The molecule has 164 valence electrons. The minimum atomic E-state index is -3.70. The van der Waals surface area contributed by atoms with E-state index in [-0.39, 0.29) is 42.8 Å². The van der Waals surface area contributed by atoms with Crippen LogP contribution in [0, 0.1) is 0 Å². The molecular weight excluding hydrogens is 438 g/mol. The summed E-state index contributed by atoms with van der Waals surface area (Å²) in [5.41, 5.74) is 0. The molecule has 2 aliphatic rings. The van der Waals surface area contributed by atoms with Crippen LogP contribution in [0.1, 0.15) is 0 Å². The predicted octanol–water partition coefficient (Wildman–Crippen LogP) is -0.995. The van der Waals surface area contributed by atoms with E-state index in [1.807, 2.05) is 7.05 Å². The monoisotopic (exact) mass is 465 g/mol. The fourth-order valence-electron chi connectivity index (χ4n) is 3.29. The number of rotatable bonds is 6. The number of sulfonamides is 1. The third-order valence-corrected chi connectivity index (χ3v) is 10.4. The molecule has 0 atom stereocenters. The molecule has 0 spiro atoms. The lowest BCUT2D eigenvalue weighted by Gasteiger charge is -2.39. The van der Waals surface area contributed by atoms with Crippen LogP contribution in [0.3, 0.4) is 0 Å². The summed E-state index contributed by atoms with van der Waals surface area (Å²) in [4.78, 5) is 16.2. The Bertz CT molecular complexity index is 903. The number of thiophene rings is 1. The highest BCUT2D eigenvalue weighted by atomic mass is 32.2. The Morgan fingerprint density at radius 3 is 2.07 bits per heavy atom. The maximum atomic E-state index is 12.8. The Kier molecular flexibility index (Phi) is 6.98. The first-order chi connectivity index (χ1) is 13.6. The third-order valence-electron chi connectivity index (χ3n) is 5.22. The summed E-state index contributed by atoms with van der Waals surface area (Å²) in [5.74, 6) is -0.329. The largest absolute Gasteiger partial charge is 0.339 e. The molecule has 0 aliphatic carbocycles. The quantitative estimate of drug-likeness (QED) is 0.534. The van der Waals surface area contributed by atoms with Gasteiger partial charge in [-0.05, 0) is 18.5 Å². The van der Waals surface area contributed by atoms with Gasteiger partial charge in [-0.25, -0.2) is 8.42 Å². The highest BCUT2D eigenvalue weighted by molar-refractivity contribution is 7.91. The van der Waals surface area contributed by atoms with Gasteiger partial charge in [-0.2, -0.15) is 21.3 Å². The Labute approximate surface area is 176 Å².